The zero-order chi connectivity index (χ0) is 21.8. The van der Waals surface area contributed by atoms with E-state index in [9.17, 15) is 9.18 Å². The van der Waals surface area contributed by atoms with E-state index in [1.807, 2.05) is 23.6 Å². The molecule has 0 spiro atoms. The molecule has 31 heavy (non-hydrogen) atoms. The van der Waals surface area contributed by atoms with Gasteiger partial charge in [-0.25, -0.2) is 4.39 Å². The number of hydrogen-bond donors (Lipinski definition) is 1. The number of hydrogen-bond acceptors (Lipinski definition) is 5. The quantitative estimate of drug-likeness (QED) is 0.599. The van der Waals surface area contributed by atoms with Gasteiger partial charge in [0.25, 0.3) is 0 Å². The van der Waals surface area contributed by atoms with Crippen molar-refractivity contribution in [1.29, 1.82) is 0 Å². The first-order valence-electron chi connectivity index (χ1n) is 10.1. The highest BCUT2D eigenvalue weighted by molar-refractivity contribution is 7.10. The zero-order valence-corrected chi connectivity index (χ0v) is 18.4. The van der Waals surface area contributed by atoms with Crippen molar-refractivity contribution in [2.45, 2.75) is 19.0 Å². The van der Waals surface area contributed by atoms with Crippen LogP contribution in [0.4, 0.5) is 4.39 Å². The largest absolute Gasteiger partial charge is 0.493 e. The summed E-state index contributed by atoms with van der Waals surface area (Å²) in [5, 5.41) is 4.90. The Bertz CT molecular complexity index is 1050. The van der Waals surface area contributed by atoms with E-state index in [2.05, 4.69) is 16.3 Å². The van der Waals surface area contributed by atoms with Crippen LogP contribution in [-0.4, -0.2) is 38.1 Å². The van der Waals surface area contributed by atoms with E-state index in [4.69, 9.17) is 9.47 Å². The van der Waals surface area contributed by atoms with Gasteiger partial charge in [0.05, 0.1) is 26.8 Å². The summed E-state index contributed by atoms with van der Waals surface area (Å²) in [7, 11) is 3.26. The van der Waals surface area contributed by atoms with Gasteiger partial charge in [0.1, 0.15) is 5.82 Å². The number of thiophene rings is 1. The molecular formula is C24H25FN2O3S. The van der Waals surface area contributed by atoms with Gasteiger partial charge in [0, 0.05) is 23.5 Å². The molecule has 3 aromatic rings. The number of benzene rings is 2. The maximum absolute atomic E-state index is 13.9. The number of ether oxygens (including phenoxy) is 2. The highest BCUT2D eigenvalue weighted by atomic mass is 32.1. The van der Waals surface area contributed by atoms with Gasteiger partial charge in [-0.05, 0) is 47.2 Å². The van der Waals surface area contributed by atoms with Crippen LogP contribution in [0.25, 0.3) is 0 Å². The van der Waals surface area contributed by atoms with E-state index in [1.165, 1.54) is 11.6 Å². The minimum atomic E-state index is -0.313. The molecule has 2 aromatic carbocycles. The van der Waals surface area contributed by atoms with Crippen molar-refractivity contribution in [3.8, 4) is 11.5 Å². The maximum Gasteiger partial charge on any atom is 0.234 e. The molecule has 0 fully saturated rings. The van der Waals surface area contributed by atoms with Crippen LogP contribution in [0.1, 0.15) is 27.6 Å². The van der Waals surface area contributed by atoms with E-state index in [1.54, 1.807) is 43.8 Å². The number of methoxy groups -OCH3 is 2. The molecule has 0 saturated heterocycles. The van der Waals surface area contributed by atoms with Crippen LogP contribution in [-0.2, 0) is 17.8 Å². The molecule has 1 aliphatic rings. The van der Waals surface area contributed by atoms with Crippen LogP contribution < -0.4 is 14.8 Å². The minimum absolute atomic E-state index is 0.0530. The van der Waals surface area contributed by atoms with E-state index < -0.39 is 0 Å². The van der Waals surface area contributed by atoms with Crippen molar-refractivity contribution < 1.29 is 18.7 Å². The molecule has 1 amide bonds. The van der Waals surface area contributed by atoms with Gasteiger partial charge in [-0.3, -0.25) is 9.69 Å². The molecule has 1 aliphatic heterocycles. The van der Waals surface area contributed by atoms with E-state index in [0.717, 1.165) is 23.4 Å². The predicted octanol–water partition coefficient (Wildman–Crippen LogP) is 4.17. The molecule has 1 N–H and O–H groups in total. The SMILES string of the molecule is COc1cc2c(cc1OC)C(c1cccs1)N(CC(=O)NCc1ccccc1F)CC2. The number of rotatable bonds is 7. The van der Waals surface area contributed by atoms with Crippen LogP contribution in [0, 0.1) is 5.82 Å². The summed E-state index contributed by atoms with van der Waals surface area (Å²) < 4.78 is 24.9. The molecule has 7 heteroatoms. The lowest BCUT2D eigenvalue weighted by molar-refractivity contribution is -0.122. The summed E-state index contributed by atoms with van der Waals surface area (Å²) in [5.74, 6) is 0.942. The fraction of sp³-hybridized carbons (Fsp3) is 0.292. The number of nitrogens with zero attached hydrogens (tertiary/aromatic N) is 1. The minimum Gasteiger partial charge on any atom is -0.493 e. The maximum atomic E-state index is 13.9. The monoisotopic (exact) mass is 440 g/mol. The van der Waals surface area contributed by atoms with Crippen molar-refractivity contribution in [1.82, 2.24) is 10.2 Å². The predicted molar refractivity (Wildman–Crippen MR) is 119 cm³/mol. The number of nitrogens with one attached hydrogen (secondary N) is 1. The van der Waals surface area contributed by atoms with Gasteiger partial charge < -0.3 is 14.8 Å². The number of fused-ring (bicyclic) bond motifs is 1. The van der Waals surface area contributed by atoms with E-state index in [-0.39, 0.29) is 30.9 Å². The first kappa shape index (κ1) is 21.3. The Balaban J connectivity index is 1.56. The molecule has 1 aromatic heterocycles. The molecule has 1 atom stereocenters. The number of halogens is 1. The molecule has 0 radical (unpaired) electrons. The Morgan fingerprint density at radius 3 is 2.65 bits per heavy atom. The number of carbonyl (C=O) groups excluding carboxylic acids is 1. The third-order valence-electron chi connectivity index (χ3n) is 5.57. The Labute approximate surface area is 185 Å². The van der Waals surface area contributed by atoms with Crippen molar-refractivity contribution in [2.75, 3.05) is 27.3 Å². The van der Waals surface area contributed by atoms with Crippen molar-refractivity contribution >= 4 is 17.2 Å². The lowest BCUT2D eigenvalue weighted by atomic mass is 9.91. The van der Waals surface area contributed by atoms with Crippen LogP contribution in [0.2, 0.25) is 0 Å². The average Bonchev–Trinajstić information content (AvgIpc) is 3.31. The Morgan fingerprint density at radius 2 is 1.94 bits per heavy atom. The summed E-state index contributed by atoms with van der Waals surface area (Å²) >= 11 is 1.66. The molecular weight excluding hydrogens is 415 g/mol. The summed E-state index contributed by atoms with van der Waals surface area (Å²) in [6, 6.07) is 14.6. The van der Waals surface area contributed by atoms with Crippen molar-refractivity contribution in [3.63, 3.8) is 0 Å². The fourth-order valence-corrected chi connectivity index (χ4v) is 4.90. The molecule has 5 nitrogen and oxygen atoms in total. The van der Waals surface area contributed by atoms with Crippen molar-refractivity contribution in [2.24, 2.45) is 0 Å². The third kappa shape index (κ3) is 4.57. The third-order valence-corrected chi connectivity index (χ3v) is 6.49. The van der Waals surface area contributed by atoms with Gasteiger partial charge in [-0.15, -0.1) is 11.3 Å². The smallest absolute Gasteiger partial charge is 0.234 e. The highest BCUT2D eigenvalue weighted by Crippen LogP contribution is 2.42. The van der Waals surface area contributed by atoms with Crippen LogP contribution in [0.3, 0.4) is 0 Å². The molecule has 0 aliphatic carbocycles. The summed E-state index contributed by atoms with van der Waals surface area (Å²) in [6.45, 7) is 1.13. The topological polar surface area (TPSA) is 50.8 Å². The summed E-state index contributed by atoms with van der Waals surface area (Å²) in [6.07, 6.45) is 0.804. The molecule has 0 bridgehead atoms. The highest BCUT2D eigenvalue weighted by Gasteiger charge is 2.32. The Morgan fingerprint density at radius 1 is 1.16 bits per heavy atom. The molecule has 1 unspecified atom stereocenters. The van der Waals surface area contributed by atoms with Crippen LogP contribution in [0.5, 0.6) is 11.5 Å². The lowest BCUT2D eigenvalue weighted by Crippen LogP contribution is -2.42. The Hall–Kier alpha value is -2.90. The number of carbonyl (C=O) groups is 1. The summed E-state index contributed by atoms with van der Waals surface area (Å²) in [5.41, 5.74) is 2.79. The lowest BCUT2D eigenvalue weighted by Gasteiger charge is -2.37. The van der Waals surface area contributed by atoms with Crippen LogP contribution in [0.15, 0.2) is 53.9 Å². The Kier molecular flexibility index (Phi) is 6.53. The summed E-state index contributed by atoms with van der Waals surface area (Å²) in [4.78, 5) is 16.1. The normalized spacial score (nSPS) is 15.9. The van der Waals surface area contributed by atoms with Gasteiger partial charge in [0.15, 0.2) is 11.5 Å². The van der Waals surface area contributed by atoms with Crippen LogP contribution >= 0.6 is 11.3 Å². The first-order chi connectivity index (χ1) is 15.1. The molecule has 0 saturated carbocycles. The second kappa shape index (κ2) is 9.49. The standard InChI is InChI=1S/C24H25FN2O3S/c1-29-20-12-16-9-10-27(15-23(28)26-14-17-6-3-4-7-19(17)25)24(22-8-5-11-31-22)18(16)13-21(20)30-2/h3-8,11-13,24H,9-10,14-15H2,1-2H3,(H,26,28). The molecule has 4 rings (SSSR count). The average molecular weight is 441 g/mol. The fourth-order valence-electron chi connectivity index (χ4n) is 4.02. The second-order valence-electron chi connectivity index (χ2n) is 7.41. The van der Waals surface area contributed by atoms with E-state index >= 15 is 0 Å². The molecule has 2 heterocycles. The zero-order valence-electron chi connectivity index (χ0n) is 17.6. The van der Waals surface area contributed by atoms with E-state index in [0.29, 0.717) is 17.1 Å². The van der Waals surface area contributed by atoms with Crippen molar-refractivity contribution in [3.05, 3.63) is 81.3 Å². The first-order valence-corrected chi connectivity index (χ1v) is 11.0. The number of amides is 1. The van der Waals surface area contributed by atoms with Gasteiger partial charge in [-0.2, -0.15) is 0 Å². The molecule has 162 valence electrons. The van der Waals surface area contributed by atoms with Gasteiger partial charge in [0.2, 0.25) is 5.91 Å². The van der Waals surface area contributed by atoms with Gasteiger partial charge >= 0.3 is 0 Å². The second-order valence-corrected chi connectivity index (χ2v) is 8.39. The van der Waals surface area contributed by atoms with Gasteiger partial charge in [-0.1, -0.05) is 24.3 Å².